The first-order chi connectivity index (χ1) is 10.1. The van der Waals surface area contributed by atoms with Gasteiger partial charge in [0, 0.05) is 18.5 Å². The van der Waals surface area contributed by atoms with Crippen LogP contribution in [0, 0.1) is 12.3 Å². The van der Waals surface area contributed by atoms with Gasteiger partial charge in [0.2, 0.25) is 0 Å². The molecule has 4 nitrogen and oxygen atoms in total. The molecule has 4 heteroatoms. The van der Waals surface area contributed by atoms with Crippen LogP contribution in [-0.2, 0) is 6.54 Å². The lowest BCUT2D eigenvalue weighted by Crippen LogP contribution is -2.35. The van der Waals surface area contributed by atoms with Gasteiger partial charge in [-0.15, -0.1) is 6.42 Å². The lowest BCUT2D eigenvalue weighted by Gasteiger charge is -2.21. The molecule has 0 aliphatic carbocycles. The Morgan fingerprint density at radius 3 is 2.57 bits per heavy atom. The normalized spacial score (nSPS) is 10.3. The molecular formula is C17H18N2O2. The quantitative estimate of drug-likeness (QED) is 0.806. The van der Waals surface area contributed by atoms with Gasteiger partial charge in [-0.1, -0.05) is 24.1 Å². The van der Waals surface area contributed by atoms with Crippen molar-refractivity contribution in [2.75, 3.05) is 13.1 Å². The van der Waals surface area contributed by atoms with Crippen LogP contribution >= 0.6 is 0 Å². The van der Waals surface area contributed by atoms with Gasteiger partial charge < -0.3 is 4.90 Å². The van der Waals surface area contributed by atoms with E-state index in [9.17, 15) is 9.59 Å². The topological polar surface area (TPSA) is 42.3 Å². The summed E-state index contributed by atoms with van der Waals surface area (Å²) in [5.41, 5.74) is 0.127. The van der Waals surface area contributed by atoms with E-state index in [0.29, 0.717) is 24.2 Å². The van der Waals surface area contributed by atoms with Crippen LogP contribution in [0.25, 0.3) is 10.8 Å². The number of benzene rings is 1. The number of carbonyl (C=O) groups is 1. The predicted molar refractivity (Wildman–Crippen MR) is 84.3 cm³/mol. The van der Waals surface area contributed by atoms with Crippen molar-refractivity contribution in [2.45, 2.75) is 20.4 Å². The number of rotatable bonds is 4. The number of terminal acetylenes is 1. The van der Waals surface area contributed by atoms with Crippen LogP contribution in [-0.4, -0.2) is 28.5 Å². The summed E-state index contributed by atoms with van der Waals surface area (Å²) in [5, 5.41) is 1.33. The molecule has 0 radical (unpaired) electrons. The van der Waals surface area contributed by atoms with E-state index in [1.807, 2.05) is 26.0 Å². The summed E-state index contributed by atoms with van der Waals surface area (Å²) in [6.45, 7) is 5.09. The van der Waals surface area contributed by atoms with Crippen LogP contribution in [0.5, 0.6) is 0 Å². The Balaban J connectivity index is 2.72. The zero-order chi connectivity index (χ0) is 15.4. The Bertz CT molecular complexity index is 764. The zero-order valence-corrected chi connectivity index (χ0v) is 12.3. The number of fused-ring (bicyclic) bond motifs is 1. The van der Waals surface area contributed by atoms with Gasteiger partial charge in [-0.3, -0.25) is 14.2 Å². The molecule has 0 N–H and O–H groups in total. The number of pyridine rings is 1. The number of carbonyl (C=O) groups excluding carboxylic acids is 1. The van der Waals surface area contributed by atoms with E-state index in [1.54, 1.807) is 23.1 Å². The van der Waals surface area contributed by atoms with Crippen LogP contribution in [0.3, 0.4) is 0 Å². The van der Waals surface area contributed by atoms with Crippen molar-refractivity contribution in [1.82, 2.24) is 9.47 Å². The molecule has 1 aromatic carbocycles. The highest BCUT2D eigenvalue weighted by Gasteiger charge is 2.18. The van der Waals surface area contributed by atoms with E-state index >= 15 is 0 Å². The standard InChI is InChI=1S/C17H18N2O2/c1-4-11-19-15(17(21)18(5-2)6-3)12-13-9-7-8-10-14(13)16(19)20/h1,7-10,12H,5-6,11H2,2-3H3. The van der Waals surface area contributed by atoms with Crippen molar-refractivity contribution >= 4 is 16.7 Å². The summed E-state index contributed by atoms with van der Waals surface area (Å²) in [7, 11) is 0. The van der Waals surface area contributed by atoms with Gasteiger partial charge in [-0.25, -0.2) is 0 Å². The summed E-state index contributed by atoms with van der Waals surface area (Å²) in [6.07, 6.45) is 5.35. The Hall–Kier alpha value is -2.54. The van der Waals surface area contributed by atoms with Gasteiger partial charge in [0.15, 0.2) is 0 Å². The fraction of sp³-hybridized carbons (Fsp3) is 0.294. The van der Waals surface area contributed by atoms with Gasteiger partial charge in [0.25, 0.3) is 11.5 Å². The molecule has 1 amide bonds. The average Bonchev–Trinajstić information content (AvgIpc) is 2.51. The number of aromatic nitrogens is 1. The van der Waals surface area contributed by atoms with E-state index in [-0.39, 0.29) is 18.0 Å². The van der Waals surface area contributed by atoms with Gasteiger partial charge in [-0.2, -0.15) is 0 Å². The minimum absolute atomic E-state index is 0.0893. The van der Waals surface area contributed by atoms with Crippen molar-refractivity contribution in [3.8, 4) is 12.3 Å². The van der Waals surface area contributed by atoms with Crippen LogP contribution < -0.4 is 5.56 Å². The number of hydrogen-bond donors (Lipinski definition) is 0. The number of nitrogens with zero attached hydrogens (tertiary/aromatic N) is 2. The largest absolute Gasteiger partial charge is 0.338 e. The van der Waals surface area contributed by atoms with Crippen LogP contribution in [0.15, 0.2) is 35.1 Å². The van der Waals surface area contributed by atoms with Crippen molar-refractivity contribution in [3.63, 3.8) is 0 Å². The maximum Gasteiger partial charge on any atom is 0.270 e. The molecule has 2 rings (SSSR count). The molecule has 0 fully saturated rings. The summed E-state index contributed by atoms with van der Waals surface area (Å²) < 4.78 is 1.38. The summed E-state index contributed by atoms with van der Waals surface area (Å²) in [6, 6.07) is 8.97. The first-order valence-electron chi connectivity index (χ1n) is 6.99. The SMILES string of the molecule is C#CCn1c(C(=O)N(CC)CC)cc2ccccc2c1=O. The Labute approximate surface area is 124 Å². The van der Waals surface area contributed by atoms with Crippen molar-refractivity contribution in [3.05, 3.63) is 46.4 Å². The molecule has 0 saturated carbocycles. The fourth-order valence-corrected chi connectivity index (χ4v) is 2.40. The second-order valence-corrected chi connectivity index (χ2v) is 4.69. The maximum absolute atomic E-state index is 12.6. The molecule has 0 aliphatic rings. The Morgan fingerprint density at radius 1 is 1.29 bits per heavy atom. The van der Waals surface area contributed by atoms with E-state index in [1.165, 1.54) is 4.57 Å². The fourth-order valence-electron chi connectivity index (χ4n) is 2.40. The molecule has 0 unspecified atom stereocenters. The zero-order valence-electron chi connectivity index (χ0n) is 12.3. The predicted octanol–water partition coefficient (Wildman–Crippen LogP) is 2.12. The molecule has 0 atom stereocenters. The first-order valence-corrected chi connectivity index (χ1v) is 6.99. The minimum atomic E-state index is -0.221. The smallest absolute Gasteiger partial charge is 0.270 e. The van der Waals surface area contributed by atoms with Gasteiger partial charge in [0.05, 0.1) is 6.54 Å². The molecule has 21 heavy (non-hydrogen) atoms. The van der Waals surface area contributed by atoms with Gasteiger partial charge >= 0.3 is 0 Å². The van der Waals surface area contributed by atoms with Crippen LogP contribution in [0.2, 0.25) is 0 Å². The lowest BCUT2D eigenvalue weighted by atomic mass is 10.1. The van der Waals surface area contributed by atoms with Crippen LogP contribution in [0.1, 0.15) is 24.3 Å². The molecule has 2 aromatic rings. The van der Waals surface area contributed by atoms with Crippen molar-refractivity contribution in [2.24, 2.45) is 0 Å². The average molecular weight is 282 g/mol. The maximum atomic E-state index is 12.6. The molecule has 0 bridgehead atoms. The Kier molecular flexibility index (Phi) is 4.44. The molecule has 0 spiro atoms. The molecule has 0 saturated heterocycles. The summed E-state index contributed by atoms with van der Waals surface area (Å²) >= 11 is 0. The highest BCUT2D eigenvalue weighted by Crippen LogP contribution is 2.14. The number of hydrogen-bond acceptors (Lipinski definition) is 2. The first kappa shape index (κ1) is 14.9. The highest BCUT2D eigenvalue weighted by atomic mass is 16.2. The minimum Gasteiger partial charge on any atom is -0.338 e. The second kappa shape index (κ2) is 6.27. The van der Waals surface area contributed by atoms with E-state index in [2.05, 4.69) is 5.92 Å². The molecule has 0 aliphatic heterocycles. The van der Waals surface area contributed by atoms with E-state index in [0.717, 1.165) is 5.39 Å². The monoisotopic (exact) mass is 282 g/mol. The van der Waals surface area contributed by atoms with Crippen molar-refractivity contribution in [1.29, 1.82) is 0 Å². The third-order valence-corrected chi connectivity index (χ3v) is 3.54. The number of amides is 1. The molecule has 1 aromatic heterocycles. The lowest BCUT2D eigenvalue weighted by molar-refractivity contribution is 0.0761. The summed E-state index contributed by atoms with van der Waals surface area (Å²) in [5.74, 6) is 2.28. The van der Waals surface area contributed by atoms with E-state index < -0.39 is 0 Å². The Morgan fingerprint density at radius 2 is 1.95 bits per heavy atom. The third kappa shape index (κ3) is 2.68. The highest BCUT2D eigenvalue weighted by molar-refractivity contribution is 5.96. The third-order valence-electron chi connectivity index (χ3n) is 3.54. The molecular weight excluding hydrogens is 264 g/mol. The van der Waals surface area contributed by atoms with Crippen molar-refractivity contribution < 1.29 is 4.79 Å². The summed E-state index contributed by atoms with van der Waals surface area (Å²) in [4.78, 5) is 26.8. The molecule has 108 valence electrons. The second-order valence-electron chi connectivity index (χ2n) is 4.69. The van der Waals surface area contributed by atoms with E-state index in [4.69, 9.17) is 6.42 Å². The molecule has 1 heterocycles. The van der Waals surface area contributed by atoms with Gasteiger partial charge in [-0.05, 0) is 31.4 Å². The van der Waals surface area contributed by atoms with Crippen LogP contribution in [0.4, 0.5) is 0 Å². The van der Waals surface area contributed by atoms with Gasteiger partial charge in [0.1, 0.15) is 5.69 Å².